The minimum atomic E-state index is 0.932. The first-order valence-electron chi connectivity index (χ1n) is 5.20. The van der Waals surface area contributed by atoms with Gasteiger partial charge in [-0.25, -0.2) is 0 Å². The lowest BCUT2D eigenvalue weighted by molar-refractivity contribution is 1.28. The molecule has 1 aromatic carbocycles. The Labute approximate surface area is 93.0 Å². The highest BCUT2D eigenvalue weighted by Gasteiger charge is 2.02. The van der Waals surface area contributed by atoms with Gasteiger partial charge in [0.05, 0.1) is 0 Å². The molecule has 1 aromatic rings. The average Bonchev–Trinajstić information content (AvgIpc) is 2.33. The van der Waals surface area contributed by atoms with E-state index in [1.54, 1.807) is 13.2 Å². The van der Waals surface area contributed by atoms with Gasteiger partial charge in [0.1, 0.15) is 5.84 Å². The molecule has 0 saturated heterocycles. The molecule has 0 aliphatic rings. The van der Waals surface area contributed by atoms with Gasteiger partial charge in [0.25, 0.3) is 0 Å². The average molecular weight is 204 g/mol. The first-order valence-corrected chi connectivity index (χ1v) is 5.20. The van der Waals surface area contributed by atoms with Gasteiger partial charge >= 0.3 is 0 Å². The Kier molecular flexibility index (Phi) is 6.98. The van der Waals surface area contributed by atoms with Crippen molar-refractivity contribution in [1.29, 1.82) is 0 Å². The van der Waals surface area contributed by atoms with Crippen LogP contribution in [0.2, 0.25) is 0 Å². The molecule has 0 atom stereocenters. The highest BCUT2D eigenvalue weighted by Crippen LogP contribution is 2.13. The summed E-state index contributed by atoms with van der Waals surface area (Å²) in [7, 11) is 1.77. The number of amidine groups is 1. The maximum absolute atomic E-state index is 4.11. The molecule has 0 bridgehead atoms. The summed E-state index contributed by atoms with van der Waals surface area (Å²) < 4.78 is 0. The van der Waals surface area contributed by atoms with Crippen LogP contribution in [-0.2, 0) is 0 Å². The SMILES string of the molecule is C=CN(C(C)=NC)c1ccccc1.CC. The molecule has 0 fully saturated rings. The predicted molar refractivity (Wildman–Crippen MR) is 69.5 cm³/mol. The summed E-state index contributed by atoms with van der Waals surface area (Å²) in [4.78, 5) is 6.05. The van der Waals surface area contributed by atoms with Crippen molar-refractivity contribution in [2.75, 3.05) is 11.9 Å². The Bertz CT molecular complexity index is 302. The molecule has 2 heteroatoms. The molecule has 0 aliphatic heterocycles. The molecule has 15 heavy (non-hydrogen) atoms. The van der Waals surface area contributed by atoms with E-state index in [1.165, 1.54) is 0 Å². The summed E-state index contributed by atoms with van der Waals surface area (Å²) in [5.74, 6) is 0.932. The smallest absolute Gasteiger partial charge is 0.104 e. The van der Waals surface area contributed by atoms with Gasteiger partial charge in [-0.1, -0.05) is 38.6 Å². The van der Waals surface area contributed by atoms with Crippen LogP contribution < -0.4 is 4.90 Å². The molecule has 82 valence electrons. The Morgan fingerprint density at radius 3 is 2.20 bits per heavy atom. The number of nitrogens with zero attached hydrogens (tertiary/aromatic N) is 2. The Hall–Kier alpha value is -1.57. The van der Waals surface area contributed by atoms with E-state index < -0.39 is 0 Å². The maximum atomic E-state index is 4.11. The third kappa shape index (κ3) is 3.98. The van der Waals surface area contributed by atoms with Gasteiger partial charge in [-0.2, -0.15) is 0 Å². The van der Waals surface area contributed by atoms with Crippen molar-refractivity contribution in [2.45, 2.75) is 20.8 Å². The summed E-state index contributed by atoms with van der Waals surface area (Å²) in [5.41, 5.74) is 1.08. The van der Waals surface area contributed by atoms with E-state index in [-0.39, 0.29) is 0 Å². The predicted octanol–water partition coefficient (Wildman–Crippen LogP) is 3.71. The number of para-hydroxylation sites is 1. The van der Waals surface area contributed by atoms with E-state index in [9.17, 15) is 0 Å². The van der Waals surface area contributed by atoms with Gasteiger partial charge in [0, 0.05) is 18.9 Å². The van der Waals surface area contributed by atoms with Gasteiger partial charge in [0.2, 0.25) is 0 Å². The van der Waals surface area contributed by atoms with Crippen LogP contribution in [0.25, 0.3) is 0 Å². The fourth-order valence-corrected chi connectivity index (χ4v) is 1.12. The monoisotopic (exact) mass is 204 g/mol. The molecule has 2 nitrogen and oxygen atoms in total. The number of rotatable bonds is 2. The first kappa shape index (κ1) is 13.4. The van der Waals surface area contributed by atoms with Crippen molar-refractivity contribution >= 4 is 11.5 Å². The van der Waals surface area contributed by atoms with Gasteiger partial charge in [-0.3, -0.25) is 4.99 Å². The van der Waals surface area contributed by atoms with Crippen LogP contribution in [-0.4, -0.2) is 12.9 Å². The van der Waals surface area contributed by atoms with E-state index in [4.69, 9.17) is 0 Å². The van der Waals surface area contributed by atoms with E-state index in [0.29, 0.717) is 0 Å². The van der Waals surface area contributed by atoms with E-state index >= 15 is 0 Å². The minimum absolute atomic E-state index is 0.932. The molecule has 1 rings (SSSR count). The zero-order valence-corrected chi connectivity index (χ0v) is 10.1. The lowest BCUT2D eigenvalue weighted by Gasteiger charge is -2.18. The molecule has 0 unspecified atom stereocenters. The topological polar surface area (TPSA) is 15.6 Å². The van der Waals surface area contributed by atoms with Gasteiger partial charge in [-0.05, 0) is 19.1 Å². The van der Waals surface area contributed by atoms with Crippen LogP contribution in [0.4, 0.5) is 5.69 Å². The lowest BCUT2D eigenvalue weighted by Crippen LogP contribution is -2.21. The maximum Gasteiger partial charge on any atom is 0.104 e. The summed E-state index contributed by atoms with van der Waals surface area (Å²) >= 11 is 0. The van der Waals surface area contributed by atoms with Crippen molar-refractivity contribution in [3.05, 3.63) is 43.1 Å². The van der Waals surface area contributed by atoms with Crippen LogP contribution in [0.1, 0.15) is 20.8 Å². The fraction of sp³-hybridized carbons (Fsp3) is 0.308. The van der Waals surface area contributed by atoms with Gasteiger partial charge in [0.15, 0.2) is 0 Å². The number of hydrogen-bond acceptors (Lipinski definition) is 1. The van der Waals surface area contributed by atoms with Crippen LogP contribution >= 0.6 is 0 Å². The molecule has 0 heterocycles. The highest BCUT2D eigenvalue weighted by molar-refractivity contribution is 5.97. The van der Waals surface area contributed by atoms with E-state index in [0.717, 1.165) is 11.5 Å². The van der Waals surface area contributed by atoms with Crippen LogP contribution in [0.3, 0.4) is 0 Å². The van der Waals surface area contributed by atoms with Crippen molar-refractivity contribution in [2.24, 2.45) is 4.99 Å². The Balaban J connectivity index is 0.000000921. The second-order valence-electron chi connectivity index (χ2n) is 2.66. The molecule has 0 aromatic heterocycles. The Morgan fingerprint density at radius 1 is 1.27 bits per heavy atom. The molecule has 0 radical (unpaired) electrons. The van der Waals surface area contributed by atoms with Crippen molar-refractivity contribution in [3.8, 4) is 0 Å². The third-order valence-corrected chi connectivity index (χ3v) is 1.89. The number of aliphatic imine (C=N–C) groups is 1. The second kappa shape index (κ2) is 7.80. The normalized spacial score (nSPS) is 10.0. The first-order chi connectivity index (χ1) is 7.29. The zero-order chi connectivity index (χ0) is 11.7. The van der Waals surface area contributed by atoms with Crippen molar-refractivity contribution in [3.63, 3.8) is 0 Å². The molecule has 0 amide bonds. The summed E-state index contributed by atoms with van der Waals surface area (Å²) in [6.45, 7) is 9.70. The second-order valence-corrected chi connectivity index (χ2v) is 2.66. The summed E-state index contributed by atoms with van der Waals surface area (Å²) in [6.07, 6.45) is 1.76. The molecular formula is C13H20N2. The molecule has 0 spiro atoms. The fourth-order valence-electron chi connectivity index (χ4n) is 1.12. The molecule has 0 aliphatic carbocycles. The largest absolute Gasteiger partial charge is 0.306 e. The number of anilines is 1. The molecular weight excluding hydrogens is 184 g/mol. The van der Waals surface area contributed by atoms with Crippen LogP contribution in [0.5, 0.6) is 0 Å². The lowest BCUT2D eigenvalue weighted by atomic mass is 10.3. The number of hydrogen-bond donors (Lipinski definition) is 0. The van der Waals surface area contributed by atoms with Gasteiger partial charge in [-0.15, -0.1) is 0 Å². The highest BCUT2D eigenvalue weighted by atomic mass is 15.2. The Morgan fingerprint density at radius 2 is 1.80 bits per heavy atom. The zero-order valence-electron chi connectivity index (χ0n) is 10.1. The van der Waals surface area contributed by atoms with Gasteiger partial charge < -0.3 is 4.90 Å². The quantitative estimate of drug-likeness (QED) is 0.529. The molecule has 0 N–H and O–H groups in total. The standard InChI is InChI=1S/C11H14N2.C2H6/c1-4-13(10(2)12-3)11-8-6-5-7-9-11;1-2/h4-9H,1H2,2-3H3;1-2H3. The van der Waals surface area contributed by atoms with Crippen molar-refractivity contribution in [1.82, 2.24) is 0 Å². The minimum Gasteiger partial charge on any atom is -0.306 e. The van der Waals surface area contributed by atoms with Crippen molar-refractivity contribution < 1.29 is 0 Å². The van der Waals surface area contributed by atoms with E-state index in [1.807, 2.05) is 56.0 Å². The number of benzene rings is 1. The van der Waals surface area contributed by atoms with Crippen LogP contribution in [0.15, 0.2) is 48.1 Å². The molecule has 0 saturated carbocycles. The summed E-state index contributed by atoms with van der Waals surface area (Å²) in [6, 6.07) is 10.0. The summed E-state index contributed by atoms with van der Waals surface area (Å²) in [5, 5.41) is 0. The van der Waals surface area contributed by atoms with E-state index in [2.05, 4.69) is 11.6 Å². The third-order valence-electron chi connectivity index (χ3n) is 1.89. The van der Waals surface area contributed by atoms with Crippen LogP contribution in [0, 0.1) is 0 Å².